The maximum absolute atomic E-state index is 13.2. The molecule has 8 nitrogen and oxygen atoms in total. The molecule has 1 aromatic carbocycles. The Morgan fingerprint density at radius 1 is 1.24 bits per heavy atom. The number of aliphatic carboxylic acids is 1. The lowest BCUT2D eigenvalue weighted by atomic mass is 10.1. The summed E-state index contributed by atoms with van der Waals surface area (Å²) < 4.78 is 34.0. The minimum Gasteiger partial charge on any atom is -0.475 e. The number of imidazole rings is 1. The summed E-state index contributed by atoms with van der Waals surface area (Å²) in [4.78, 5) is 34.1. The van der Waals surface area contributed by atoms with E-state index in [4.69, 9.17) is 9.90 Å². The van der Waals surface area contributed by atoms with Crippen molar-refractivity contribution in [3.05, 3.63) is 53.7 Å². The van der Waals surface area contributed by atoms with Crippen molar-refractivity contribution in [1.29, 1.82) is 0 Å². The van der Waals surface area contributed by atoms with Gasteiger partial charge in [0, 0.05) is 48.3 Å². The van der Waals surface area contributed by atoms with Crippen LogP contribution in [0, 0.1) is 0 Å². The van der Waals surface area contributed by atoms with Crippen molar-refractivity contribution in [1.82, 2.24) is 24.3 Å². The summed E-state index contributed by atoms with van der Waals surface area (Å²) in [5.74, 6) is -2.66. The molecular weight excluding hydrogens is 451 g/mol. The van der Waals surface area contributed by atoms with E-state index in [9.17, 15) is 18.0 Å². The Hall–Kier alpha value is -3.34. The van der Waals surface area contributed by atoms with Gasteiger partial charge >= 0.3 is 12.1 Å². The normalized spacial score (nSPS) is 14.1. The Labute approximate surface area is 195 Å². The summed E-state index contributed by atoms with van der Waals surface area (Å²) in [5, 5.41) is 8.19. The third-order valence-electron chi connectivity index (χ3n) is 5.81. The van der Waals surface area contributed by atoms with E-state index >= 15 is 0 Å². The number of nitrogens with zero attached hydrogens (tertiary/aromatic N) is 4. The minimum atomic E-state index is -5.08. The topological polar surface area (TPSA) is 94.5 Å². The number of hydrogen-bond donors (Lipinski definition) is 2. The highest BCUT2D eigenvalue weighted by Crippen LogP contribution is 2.21. The number of halogens is 3. The third kappa shape index (κ3) is 5.96. The lowest BCUT2D eigenvalue weighted by molar-refractivity contribution is -0.192. The third-order valence-corrected chi connectivity index (χ3v) is 5.81. The van der Waals surface area contributed by atoms with Gasteiger partial charge in [-0.2, -0.15) is 13.2 Å². The maximum Gasteiger partial charge on any atom is 0.490 e. The first-order chi connectivity index (χ1) is 16.0. The fourth-order valence-electron chi connectivity index (χ4n) is 3.61. The van der Waals surface area contributed by atoms with Crippen molar-refractivity contribution >= 4 is 22.8 Å². The molecule has 1 aliphatic heterocycles. The summed E-state index contributed by atoms with van der Waals surface area (Å²) >= 11 is 0. The summed E-state index contributed by atoms with van der Waals surface area (Å²) in [6.45, 7) is 7.46. The molecule has 4 rings (SSSR count). The molecule has 0 atom stereocenters. The Morgan fingerprint density at radius 3 is 2.59 bits per heavy atom. The number of carbonyl (C=O) groups excluding carboxylic acids is 1. The van der Waals surface area contributed by atoms with Crippen molar-refractivity contribution in [2.45, 2.75) is 52.1 Å². The SMILES string of the molecule is CC(C)N(C)Cc1ncn2c1CN(C(=O)c1ccc3[nH]ccc3c1)CCC2.O=C(O)C(F)(F)F. The average molecular weight is 480 g/mol. The van der Waals surface area contributed by atoms with Crippen LogP contribution in [0.2, 0.25) is 0 Å². The second-order valence-corrected chi connectivity index (χ2v) is 8.50. The first-order valence-corrected chi connectivity index (χ1v) is 10.9. The molecule has 1 aliphatic rings. The molecule has 0 bridgehead atoms. The van der Waals surface area contributed by atoms with E-state index in [2.05, 4.69) is 40.3 Å². The van der Waals surface area contributed by atoms with Gasteiger partial charge < -0.3 is 19.6 Å². The highest BCUT2D eigenvalue weighted by molar-refractivity contribution is 5.98. The van der Waals surface area contributed by atoms with Gasteiger partial charge in [-0.3, -0.25) is 9.69 Å². The standard InChI is InChI=1S/C21H27N5O.C2HF3O2/c1-15(2)24(3)12-19-20-13-25(9-4-10-26(20)14-23-19)21(27)17-5-6-18-16(11-17)7-8-22-18;3-2(4,5)1(6)7/h5-8,11,14-15,22H,4,9-10,12-13H2,1-3H3;(H,6,7). The summed E-state index contributed by atoms with van der Waals surface area (Å²) in [6.07, 6.45) is -0.305. The van der Waals surface area contributed by atoms with Gasteiger partial charge in [-0.05, 0) is 51.6 Å². The molecule has 0 saturated carbocycles. The van der Waals surface area contributed by atoms with Crippen LogP contribution >= 0.6 is 0 Å². The number of nitrogens with one attached hydrogen (secondary N) is 1. The average Bonchev–Trinajstić information content (AvgIpc) is 3.32. The number of aromatic nitrogens is 3. The van der Waals surface area contributed by atoms with Gasteiger partial charge in [0.15, 0.2) is 0 Å². The molecule has 11 heteroatoms. The van der Waals surface area contributed by atoms with Gasteiger partial charge in [0.05, 0.1) is 24.3 Å². The largest absolute Gasteiger partial charge is 0.490 e. The zero-order valence-electron chi connectivity index (χ0n) is 19.3. The van der Waals surface area contributed by atoms with E-state index < -0.39 is 12.1 Å². The van der Waals surface area contributed by atoms with Crippen LogP contribution in [0.5, 0.6) is 0 Å². The van der Waals surface area contributed by atoms with Crippen LogP contribution in [-0.4, -0.2) is 67.1 Å². The molecule has 0 unspecified atom stereocenters. The van der Waals surface area contributed by atoms with Gasteiger partial charge in [-0.15, -0.1) is 0 Å². The first kappa shape index (κ1) is 25.3. The molecule has 34 heavy (non-hydrogen) atoms. The van der Waals surface area contributed by atoms with E-state index in [1.807, 2.05) is 41.7 Å². The molecule has 3 aromatic rings. The number of H-pyrrole nitrogens is 1. The number of hydrogen-bond acceptors (Lipinski definition) is 4. The zero-order chi connectivity index (χ0) is 25.0. The van der Waals surface area contributed by atoms with Crippen molar-refractivity contribution in [3.8, 4) is 0 Å². The van der Waals surface area contributed by atoms with E-state index in [0.717, 1.165) is 53.9 Å². The monoisotopic (exact) mass is 479 g/mol. The Kier molecular flexibility index (Phi) is 7.65. The molecule has 0 fully saturated rings. The molecular formula is C23H28F3N5O3. The smallest absolute Gasteiger partial charge is 0.475 e. The summed E-state index contributed by atoms with van der Waals surface area (Å²) in [7, 11) is 2.11. The van der Waals surface area contributed by atoms with Crippen molar-refractivity contribution < 1.29 is 27.9 Å². The van der Waals surface area contributed by atoms with Crippen LogP contribution in [0.4, 0.5) is 13.2 Å². The van der Waals surface area contributed by atoms with Crippen LogP contribution < -0.4 is 0 Å². The number of rotatable bonds is 4. The molecule has 1 amide bonds. The molecule has 0 aliphatic carbocycles. The van der Waals surface area contributed by atoms with Crippen LogP contribution in [-0.2, 0) is 24.4 Å². The van der Waals surface area contributed by atoms with Gasteiger partial charge in [0.2, 0.25) is 0 Å². The number of aromatic amines is 1. The number of carboxylic acid groups (broad SMARTS) is 1. The van der Waals surface area contributed by atoms with Crippen molar-refractivity contribution in [2.75, 3.05) is 13.6 Å². The second kappa shape index (κ2) is 10.3. The van der Waals surface area contributed by atoms with Crippen molar-refractivity contribution in [3.63, 3.8) is 0 Å². The van der Waals surface area contributed by atoms with Crippen LogP contribution in [0.25, 0.3) is 10.9 Å². The lowest BCUT2D eigenvalue weighted by Gasteiger charge is -2.23. The fraction of sp³-hybridized carbons (Fsp3) is 0.435. The van der Waals surface area contributed by atoms with Crippen molar-refractivity contribution in [2.24, 2.45) is 0 Å². The zero-order valence-corrected chi connectivity index (χ0v) is 19.3. The van der Waals surface area contributed by atoms with Gasteiger partial charge in [0.1, 0.15) is 0 Å². The fourth-order valence-corrected chi connectivity index (χ4v) is 3.61. The molecule has 0 saturated heterocycles. The molecule has 3 heterocycles. The molecule has 184 valence electrons. The van der Waals surface area contributed by atoms with E-state index in [1.54, 1.807) is 0 Å². The maximum atomic E-state index is 13.2. The van der Waals surface area contributed by atoms with E-state index in [-0.39, 0.29) is 5.91 Å². The summed E-state index contributed by atoms with van der Waals surface area (Å²) in [5.41, 5.74) is 4.04. The lowest BCUT2D eigenvalue weighted by Crippen LogP contribution is -2.32. The predicted octanol–water partition coefficient (Wildman–Crippen LogP) is 3.88. The van der Waals surface area contributed by atoms with E-state index in [1.165, 1.54) is 0 Å². The number of amides is 1. The van der Waals surface area contributed by atoms with Crippen LogP contribution in [0.15, 0.2) is 36.8 Å². The van der Waals surface area contributed by atoms with Gasteiger partial charge in [0.25, 0.3) is 5.91 Å². The number of fused-ring (bicyclic) bond motifs is 2. The second-order valence-electron chi connectivity index (χ2n) is 8.50. The number of benzene rings is 1. The highest BCUT2D eigenvalue weighted by atomic mass is 19.4. The highest BCUT2D eigenvalue weighted by Gasteiger charge is 2.38. The minimum absolute atomic E-state index is 0.0934. The summed E-state index contributed by atoms with van der Waals surface area (Å²) in [6, 6.07) is 8.33. The number of carboxylic acids is 1. The number of aryl methyl sites for hydroxylation is 1. The molecule has 0 radical (unpaired) electrons. The van der Waals surface area contributed by atoms with Gasteiger partial charge in [-0.25, -0.2) is 9.78 Å². The van der Waals surface area contributed by atoms with E-state index in [0.29, 0.717) is 12.6 Å². The molecule has 2 N–H and O–H groups in total. The number of alkyl halides is 3. The van der Waals surface area contributed by atoms with Crippen LogP contribution in [0.1, 0.15) is 42.0 Å². The Morgan fingerprint density at radius 2 is 1.94 bits per heavy atom. The molecule has 0 spiro atoms. The number of carbonyl (C=O) groups is 2. The van der Waals surface area contributed by atoms with Crippen LogP contribution in [0.3, 0.4) is 0 Å². The first-order valence-electron chi connectivity index (χ1n) is 10.9. The quantitative estimate of drug-likeness (QED) is 0.592. The Balaban J connectivity index is 0.000000406. The van der Waals surface area contributed by atoms with Gasteiger partial charge in [-0.1, -0.05) is 0 Å². The Bertz CT molecular complexity index is 1150. The predicted molar refractivity (Wildman–Crippen MR) is 120 cm³/mol. The molecule has 2 aromatic heterocycles.